The van der Waals surface area contributed by atoms with Crippen LogP contribution < -0.4 is 4.90 Å². The van der Waals surface area contributed by atoms with Crippen LogP contribution in [-0.2, 0) is 109 Å². The average molecular weight is 1360 g/mol. The molecule has 2 atom stereocenters. The van der Waals surface area contributed by atoms with Crippen LogP contribution in [0, 0.1) is 0 Å². The molecule has 3 aliphatic rings. The number of anilines is 1. The first-order valence-corrected chi connectivity index (χ1v) is 35.2. The van der Waals surface area contributed by atoms with Gasteiger partial charge < -0.3 is 38.2 Å². The minimum Gasteiger partial charge on any atom is -0.383 e. The van der Waals surface area contributed by atoms with Gasteiger partial charge in [-0.25, -0.2) is 4.79 Å². The van der Waals surface area contributed by atoms with E-state index >= 15 is 0 Å². The lowest BCUT2D eigenvalue weighted by atomic mass is 9.75. The van der Waals surface area contributed by atoms with Crippen molar-refractivity contribution in [3.05, 3.63) is 108 Å². The van der Waals surface area contributed by atoms with Crippen molar-refractivity contribution in [2.24, 2.45) is 0 Å². The summed E-state index contributed by atoms with van der Waals surface area (Å²) in [4.78, 5) is 40.5. The zero-order valence-electron chi connectivity index (χ0n) is 49.4. The lowest BCUT2D eigenvalue weighted by Crippen LogP contribution is -2.34. The number of amides is 2. The van der Waals surface area contributed by atoms with Crippen LogP contribution in [0.3, 0.4) is 0 Å². The van der Waals surface area contributed by atoms with Gasteiger partial charge in [0.1, 0.15) is 16.4 Å². The second-order valence-corrected chi connectivity index (χ2v) is 28.5. The van der Waals surface area contributed by atoms with Crippen molar-refractivity contribution in [1.82, 2.24) is 5.06 Å². The lowest BCUT2D eigenvalue weighted by molar-refractivity contribution is -0.442. The standard InChI is InChI=1S/C57H69N3O25S5/c1-56(20-10-34-86(64,65)66)49(59(22-26-79-3)46-38-48(90(76,77)78)41-14-13-39(87(67,68)69)35-43(41)55(46)56)11-8-6-5-7-9-12-50-57(2,21-25-82-30-31-84-33-32-83-29-28-80-4)54-44-36-40(88(70,71)72)37-47(89(73,74)75)42(44)15-16-45(54)58(50)23-27-81-24-19-53(63)85-60-51(61)17-18-52(60)62/h5-9,11-16,35-38H,10,17-34H2,1-4H3,(H4-,64,65,66,67,68,69,70,71,72,73,74,75,76,77,78)/p+1. The van der Waals surface area contributed by atoms with Gasteiger partial charge in [-0.15, -0.1) is 5.06 Å². The number of hydrogen-bond donors (Lipinski definition) is 5. The summed E-state index contributed by atoms with van der Waals surface area (Å²) in [6.45, 7) is 4.88. The Kier molecular flexibility index (Phi) is 23.4. The minimum absolute atomic E-state index is 0.0104. The van der Waals surface area contributed by atoms with Crippen molar-refractivity contribution in [1.29, 1.82) is 0 Å². The molecule has 492 valence electrons. The number of hydrogen-bond acceptors (Lipinski definition) is 21. The summed E-state index contributed by atoms with van der Waals surface area (Å²) in [7, 11) is -21.7. The van der Waals surface area contributed by atoms with Gasteiger partial charge in [-0.05, 0) is 91.9 Å². The largest absolute Gasteiger partial charge is 0.383 e. The van der Waals surface area contributed by atoms with E-state index in [1.807, 2.05) is 0 Å². The third-order valence-corrected chi connectivity index (χ3v) is 19.5. The molecule has 5 N–H and O–H groups in total. The van der Waals surface area contributed by atoms with Crippen LogP contribution in [0.4, 0.5) is 11.4 Å². The first-order chi connectivity index (χ1) is 42.3. The third kappa shape index (κ3) is 17.1. The quantitative estimate of drug-likeness (QED) is 0.0134. The molecule has 33 heteroatoms. The Bertz CT molecular complexity index is 4150. The molecule has 3 aliphatic heterocycles. The number of fused-ring (bicyclic) bond motifs is 6. The van der Waals surface area contributed by atoms with E-state index in [1.165, 1.54) is 19.2 Å². The van der Waals surface area contributed by atoms with Gasteiger partial charge in [-0.3, -0.25) is 32.4 Å². The van der Waals surface area contributed by atoms with Gasteiger partial charge in [0, 0.05) is 85.5 Å². The van der Waals surface area contributed by atoms with Crippen LogP contribution in [0.2, 0.25) is 0 Å². The fourth-order valence-electron chi connectivity index (χ4n) is 11.2. The predicted molar refractivity (Wildman–Crippen MR) is 324 cm³/mol. The van der Waals surface area contributed by atoms with Crippen molar-refractivity contribution < 1.29 is 117 Å². The molecule has 2 unspecified atom stereocenters. The van der Waals surface area contributed by atoms with E-state index in [1.54, 1.807) is 79.0 Å². The monoisotopic (exact) mass is 1360 g/mol. The molecular formula is C57H70N3O25S5+. The highest BCUT2D eigenvalue weighted by Gasteiger charge is 2.50. The molecule has 0 spiro atoms. The summed E-state index contributed by atoms with van der Waals surface area (Å²) in [5.41, 5.74) is -0.401. The van der Waals surface area contributed by atoms with Gasteiger partial charge in [-0.1, -0.05) is 36.4 Å². The topological polar surface area (TPSA) is 397 Å². The number of carbonyl (C=O) groups is 3. The van der Waals surface area contributed by atoms with Crippen molar-refractivity contribution in [2.45, 2.75) is 82.8 Å². The maximum atomic E-state index is 13.0. The molecular weight excluding hydrogens is 1290 g/mol. The number of benzene rings is 4. The normalized spacial score (nSPS) is 19.0. The molecule has 0 saturated carbocycles. The molecule has 4 aromatic rings. The fraction of sp³-hybridized carbons (Fsp3) is 0.439. The first kappa shape index (κ1) is 71.2. The van der Waals surface area contributed by atoms with Gasteiger partial charge in [0.2, 0.25) is 5.69 Å². The molecule has 7 rings (SSSR count). The maximum absolute atomic E-state index is 13.0. The number of imide groups is 1. The van der Waals surface area contributed by atoms with Crippen LogP contribution in [0.25, 0.3) is 21.5 Å². The van der Waals surface area contributed by atoms with E-state index in [0.29, 0.717) is 59.2 Å². The Morgan fingerprint density at radius 1 is 0.578 bits per heavy atom. The zero-order chi connectivity index (χ0) is 66.0. The average Bonchev–Trinajstić information content (AvgIpc) is 1.52. The summed E-state index contributed by atoms with van der Waals surface area (Å²) in [6, 6.07) is 8.97. The van der Waals surface area contributed by atoms with E-state index in [-0.39, 0.29) is 125 Å². The number of hydroxylamine groups is 2. The SMILES string of the molecule is COCCOCCOCCOCCC1(C)C(C=CC=CC=CC=C2N(CCOC)c3cc(S(=O)(=O)O)c4ccc(S(=O)(=O)O)cc4c3C2(C)CCCS(=O)(=O)O)=[N+](CCOCCC(=O)ON2C(=O)CCC2=O)c2ccc3c(S(=O)(=O)O)cc(S(=O)(=O)O)cc3c21. The van der Waals surface area contributed by atoms with Gasteiger partial charge in [0.05, 0.1) is 80.2 Å². The molecule has 0 bridgehead atoms. The first-order valence-electron chi connectivity index (χ1n) is 27.8. The molecule has 1 saturated heterocycles. The lowest BCUT2D eigenvalue weighted by Gasteiger charge is -2.30. The number of carbonyl (C=O) groups excluding carboxylic acids is 3. The molecule has 1 fully saturated rings. The number of allylic oxidation sites excluding steroid dienone is 8. The number of nitrogens with zero attached hydrogens (tertiary/aromatic N) is 3. The van der Waals surface area contributed by atoms with Gasteiger partial charge in [0.25, 0.3) is 62.4 Å². The minimum atomic E-state index is -5.15. The summed E-state index contributed by atoms with van der Waals surface area (Å²) in [5, 5.41) is 0.201. The highest BCUT2D eigenvalue weighted by atomic mass is 32.2. The van der Waals surface area contributed by atoms with Crippen LogP contribution in [0.5, 0.6) is 0 Å². The van der Waals surface area contributed by atoms with Crippen LogP contribution in [-0.4, -0.2) is 197 Å². The van der Waals surface area contributed by atoms with E-state index in [2.05, 4.69) is 0 Å². The van der Waals surface area contributed by atoms with Crippen molar-refractivity contribution in [2.75, 3.05) is 104 Å². The highest BCUT2D eigenvalue weighted by molar-refractivity contribution is 7.87. The Hall–Kier alpha value is -6.25. The molecule has 90 heavy (non-hydrogen) atoms. The van der Waals surface area contributed by atoms with E-state index in [4.69, 9.17) is 33.3 Å². The molecule has 3 heterocycles. The predicted octanol–water partition coefficient (Wildman–Crippen LogP) is 5.08. The second-order valence-electron chi connectivity index (χ2n) is 21.3. The molecule has 0 aromatic heterocycles. The third-order valence-electron chi connectivity index (χ3n) is 15.2. The number of methoxy groups -OCH3 is 2. The van der Waals surface area contributed by atoms with Gasteiger partial charge in [-0.2, -0.15) is 46.7 Å². The van der Waals surface area contributed by atoms with Crippen LogP contribution in [0.15, 0.2) is 116 Å². The van der Waals surface area contributed by atoms with Crippen LogP contribution in [0.1, 0.15) is 63.5 Å². The van der Waals surface area contributed by atoms with Crippen LogP contribution >= 0.6 is 0 Å². The molecule has 28 nitrogen and oxygen atoms in total. The molecule has 0 radical (unpaired) electrons. The van der Waals surface area contributed by atoms with E-state index in [9.17, 15) is 79.2 Å². The highest BCUT2D eigenvalue weighted by Crippen LogP contribution is 2.55. The van der Waals surface area contributed by atoms with E-state index in [0.717, 1.165) is 24.3 Å². The zero-order valence-corrected chi connectivity index (χ0v) is 53.5. The Balaban J connectivity index is 1.29. The van der Waals surface area contributed by atoms with Crippen molar-refractivity contribution in [3.8, 4) is 0 Å². The second kappa shape index (κ2) is 29.6. The fourth-order valence-corrected chi connectivity index (χ4v) is 14.2. The van der Waals surface area contributed by atoms with Gasteiger partial charge in [0.15, 0.2) is 12.3 Å². The summed E-state index contributed by atoms with van der Waals surface area (Å²) < 4.78 is 213. The summed E-state index contributed by atoms with van der Waals surface area (Å²) in [6.07, 6.45) is 10.8. The molecule has 0 aliphatic carbocycles. The summed E-state index contributed by atoms with van der Waals surface area (Å²) >= 11 is 0. The Labute approximate surface area is 521 Å². The van der Waals surface area contributed by atoms with E-state index < -0.39 is 105 Å². The Morgan fingerprint density at radius 3 is 1.72 bits per heavy atom. The number of rotatable bonds is 34. The van der Waals surface area contributed by atoms with Crippen molar-refractivity contribution >= 4 is 107 Å². The van der Waals surface area contributed by atoms with Crippen molar-refractivity contribution in [3.63, 3.8) is 0 Å². The molecule has 2 amide bonds. The Morgan fingerprint density at radius 2 is 1.12 bits per heavy atom. The number of ether oxygens (including phenoxy) is 6. The van der Waals surface area contributed by atoms with Gasteiger partial charge >= 0.3 is 5.97 Å². The summed E-state index contributed by atoms with van der Waals surface area (Å²) in [5.74, 6) is -2.94. The smallest absolute Gasteiger partial charge is 0.335 e. The maximum Gasteiger partial charge on any atom is 0.335 e. The molecule has 4 aromatic carbocycles.